The molecule has 2 atom stereocenters. The van der Waals surface area contributed by atoms with Crippen LogP contribution in [0.15, 0.2) is 70.6 Å². The summed E-state index contributed by atoms with van der Waals surface area (Å²) in [5, 5.41) is 0. The molecule has 38 heavy (non-hydrogen) atoms. The summed E-state index contributed by atoms with van der Waals surface area (Å²) < 4.78 is 40.3. The number of anilines is 1. The second-order valence-corrected chi connectivity index (χ2v) is 11.6. The Morgan fingerprint density at radius 1 is 0.974 bits per heavy atom. The maximum Gasteiger partial charge on any atom is 0.261 e. The summed E-state index contributed by atoms with van der Waals surface area (Å²) in [6.07, 6.45) is 0.982. The number of nitrogens with one attached hydrogen (secondary N) is 1. The standard InChI is InChI=1S/C30H35N3O4S/c1-5-36-28-17-24-25(18-29(28)37-6-2)30(31-27-15-16-33(4)19-26(24)27)21-9-11-22(12-10-21)32-38(34,35)23-13-7-20(3)8-14-23/h7-14,17-18,26-27,32H,5-6,15-16,19H2,1-4H3/t26?,27-/m1/s1. The van der Waals surface area contributed by atoms with Crippen molar-refractivity contribution in [1.29, 1.82) is 0 Å². The number of aryl methyl sites for hydroxylation is 1. The van der Waals surface area contributed by atoms with Crippen LogP contribution in [0.1, 0.15) is 48.4 Å². The topological polar surface area (TPSA) is 80.2 Å². The Balaban J connectivity index is 1.50. The number of nitrogens with zero attached hydrogens (tertiary/aromatic N) is 2. The first-order valence-electron chi connectivity index (χ1n) is 13.2. The first-order valence-corrected chi connectivity index (χ1v) is 14.7. The number of rotatable bonds is 8. The van der Waals surface area contributed by atoms with E-state index < -0.39 is 10.0 Å². The van der Waals surface area contributed by atoms with Gasteiger partial charge in [0, 0.05) is 29.3 Å². The van der Waals surface area contributed by atoms with Crippen molar-refractivity contribution in [2.24, 2.45) is 4.99 Å². The van der Waals surface area contributed by atoms with Gasteiger partial charge in [-0.25, -0.2) is 8.42 Å². The monoisotopic (exact) mass is 533 g/mol. The molecule has 0 aliphatic carbocycles. The molecule has 0 aromatic heterocycles. The second kappa shape index (κ2) is 10.8. The van der Waals surface area contributed by atoms with Crippen molar-refractivity contribution in [3.63, 3.8) is 0 Å². The Kier molecular flexibility index (Phi) is 7.45. The molecule has 8 heteroatoms. The summed E-state index contributed by atoms with van der Waals surface area (Å²) in [6, 6.07) is 18.6. The van der Waals surface area contributed by atoms with Crippen LogP contribution < -0.4 is 14.2 Å². The van der Waals surface area contributed by atoms with Gasteiger partial charge in [-0.2, -0.15) is 0 Å². The van der Waals surface area contributed by atoms with E-state index in [-0.39, 0.29) is 16.9 Å². The number of likely N-dealkylation sites (tertiary alicyclic amines) is 1. The molecule has 0 amide bonds. The van der Waals surface area contributed by atoms with Gasteiger partial charge in [-0.15, -0.1) is 0 Å². The molecule has 7 nitrogen and oxygen atoms in total. The smallest absolute Gasteiger partial charge is 0.261 e. The van der Waals surface area contributed by atoms with Crippen LogP contribution in [0.25, 0.3) is 0 Å². The fourth-order valence-electron chi connectivity index (χ4n) is 5.28. The molecule has 3 aromatic rings. The third-order valence-electron chi connectivity index (χ3n) is 7.19. The predicted octanol–water partition coefficient (Wildman–Crippen LogP) is 5.23. The van der Waals surface area contributed by atoms with E-state index in [4.69, 9.17) is 14.5 Å². The minimum atomic E-state index is -3.68. The molecule has 0 saturated carbocycles. The zero-order valence-electron chi connectivity index (χ0n) is 22.4. The Morgan fingerprint density at radius 2 is 1.63 bits per heavy atom. The molecule has 1 saturated heterocycles. The van der Waals surface area contributed by atoms with Gasteiger partial charge in [-0.3, -0.25) is 9.71 Å². The van der Waals surface area contributed by atoms with Crippen LogP contribution >= 0.6 is 0 Å². The van der Waals surface area contributed by atoms with Crippen molar-refractivity contribution in [2.45, 2.75) is 44.0 Å². The molecule has 0 bridgehead atoms. The van der Waals surface area contributed by atoms with Gasteiger partial charge in [-0.05, 0) is 82.7 Å². The molecule has 1 fully saturated rings. The molecular formula is C30H35N3O4S. The van der Waals surface area contributed by atoms with E-state index in [2.05, 4.69) is 28.8 Å². The van der Waals surface area contributed by atoms with E-state index in [1.165, 1.54) is 5.56 Å². The van der Waals surface area contributed by atoms with Crippen LogP contribution in [0, 0.1) is 6.92 Å². The van der Waals surface area contributed by atoms with Gasteiger partial charge in [0.25, 0.3) is 10.0 Å². The van der Waals surface area contributed by atoms with E-state index >= 15 is 0 Å². The average molecular weight is 534 g/mol. The molecule has 1 unspecified atom stereocenters. The Labute approximate surface area is 225 Å². The van der Waals surface area contributed by atoms with E-state index in [0.29, 0.717) is 24.7 Å². The number of aliphatic imine (C=N–C) groups is 1. The number of benzene rings is 3. The molecule has 3 aromatic carbocycles. The fraction of sp³-hybridized carbons (Fsp3) is 0.367. The predicted molar refractivity (Wildman–Crippen MR) is 151 cm³/mol. The van der Waals surface area contributed by atoms with Crippen LogP contribution in [-0.2, 0) is 10.0 Å². The van der Waals surface area contributed by atoms with Gasteiger partial charge < -0.3 is 14.4 Å². The number of ether oxygens (including phenoxy) is 2. The van der Waals surface area contributed by atoms with Crippen molar-refractivity contribution >= 4 is 21.4 Å². The van der Waals surface area contributed by atoms with Gasteiger partial charge in [0.05, 0.1) is 29.9 Å². The first kappa shape index (κ1) is 26.3. The largest absolute Gasteiger partial charge is 0.490 e. The summed E-state index contributed by atoms with van der Waals surface area (Å²) in [4.78, 5) is 7.84. The third kappa shape index (κ3) is 5.28. The molecule has 0 radical (unpaired) electrons. The minimum absolute atomic E-state index is 0.181. The molecule has 1 N–H and O–H groups in total. The van der Waals surface area contributed by atoms with Crippen molar-refractivity contribution in [3.05, 3.63) is 82.9 Å². The van der Waals surface area contributed by atoms with Crippen molar-refractivity contribution < 1.29 is 17.9 Å². The lowest BCUT2D eigenvalue weighted by Crippen LogP contribution is -2.41. The minimum Gasteiger partial charge on any atom is -0.490 e. The molecule has 200 valence electrons. The van der Waals surface area contributed by atoms with Crippen molar-refractivity contribution in [1.82, 2.24) is 4.90 Å². The van der Waals surface area contributed by atoms with Crippen LogP contribution in [-0.4, -0.2) is 58.4 Å². The van der Waals surface area contributed by atoms with Crippen LogP contribution in [0.5, 0.6) is 11.5 Å². The molecule has 5 rings (SSSR count). The molecule has 2 aliphatic rings. The maximum atomic E-state index is 12.9. The SMILES string of the molecule is CCOc1cc2c(cc1OCC)C1CN(C)CC[C@H]1N=C2c1ccc(NS(=O)(=O)c2ccc(C)cc2)cc1. The quantitative estimate of drug-likeness (QED) is 0.429. The summed E-state index contributed by atoms with van der Waals surface area (Å²) in [5.41, 5.74) is 5.62. The first-order chi connectivity index (χ1) is 18.3. The van der Waals surface area contributed by atoms with E-state index in [0.717, 1.165) is 47.7 Å². The van der Waals surface area contributed by atoms with Crippen LogP contribution in [0.4, 0.5) is 5.69 Å². The third-order valence-corrected chi connectivity index (χ3v) is 8.58. The average Bonchev–Trinajstić information content (AvgIpc) is 2.90. The number of fused-ring (bicyclic) bond motifs is 3. The number of hydrogen-bond donors (Lipinski definition) is 1. The zero-order chi connectivity index (χ0) is 26.9. The second-order valence-electron chi connectivity index (χ2n) is 9.95. The molecular weight excluding hydrogens is 498 g/mol. The normalized spacial score (nSPS) is 19.2. The van der Waals surface area contributed by atoms with Gasteiger partial charge in [0.15, 0.2) is 11.5 Å². The van der Waals surface area contributed by atoms with Gasteiger partial charge >= 0.3 is 0 Å². The lowest BCUT2D eigenvalue weighted by atomic mass is 9.79. The maximum absolute atomic E-state index is 12.9. The molecule has 0 spiro atoms. The number of piperidine rings is 1. The molecule has 2 aliphatic heterocycles. The van der Waals surface area contributed by atoms with Crippen LogP contribution in [0.2, 0.25) is 0 Å². The summed E-state index contributed by atoms with van der Waals surface area (Å²) in [5.74, 6) is 1.76. The van der Waals surface area contributed by atoms with Crippen molar-refractivity contribution in [3.8, 4) is 11.5 Å². The number of likely N-dealkylation sites (N-methyl/N-ethyl adjacent to an activating group) is 1. The number of hydrogen-bond acceptors (Lipinski definition) is 6. The summed E-state index contributed by atoms with van der Waals surface area (Å²) >= 11 is 0. The van der Waals surface area contributed by atoms with Crippen molar-refractivity contribution in [2.75, 3.05) is 38.1 Å². The van der Waals surface area contributed by atoms with E-state index in [1.807, 2.05) is 32.9 Å². The Morgan fingerprint density at radius 3 is 2.29 bits per heavy atom. The summed E-state index contributed by atoms with van der Waals surface area (Å²) in [6.45, 7) is 8.91. The highest BCUT2D eigenvalue weighted by atomic mass is 32.2. The highest BCUT2D eigenvalue weighted by molar-refractivity contribution is 7.92. The highest BCUT2D eigenvalue weighted by Gasteiger charge is 2.36. The van der Waals surface area contributed by atoms with E-state index in [1.54, 1.807) is 36.4 Å². The summed E-state index contributed by atoms with van der Waals surface area (Å²) in [7, 11) is -1.52. The Hall–Kier alpha value is -3.36. The fourth-order valence-corrected chi connectivity index (χ4v) is 6.34. The van der Waals surface area contributed by atoms with Gasteiger partial charge in [-0.1, -0.05) is 29.8 Å². The molecule has 2 heterocycles. The lowest BCUT2D eigenvalue weighted by molar-refractivity contribution is 0.226. The lowest BCUT2D eigenvalue weighted by Gasteiger charge is -2.39. The number of sulfonamides is 1. The van der Waals surface area contributed by atoms with Crippen LogP contribution in [0.3, 0.4) is 0 Å². The van der Waals surface area contributed by atoms with Gasteiger partial charge in [0.1, 0.15) is 0 Å². The van der Waals surface area contributed by atoms with E-state index in [9.17, 15) is 8.42 Å². The highest BCUT2D eigenvalue weighted by Crippen LogP contribution is 2.42. The zero-order valence-corrected chi connectivity index (χ0v) is 23.2. The van der Waals surface area contributed by atoms with Gasteiger partial charge in [0.2, 0.25) is 0 Å². The Bertz CT molecular complexity index is 1430.